The van der Waals surface area contributed by atoms with Crippen molar-refractivity contribution in [3.8, 4) is 0 Å². The lowest BCUT2D eigenvalue weighted by atomic mass is 10.2. The molecule has 0 N–H and O–H groups in total. The summed E-state index contributed by atoms with van der Waals surface area (Å²) in [5.74, 6) is 1.02. The number of benzene rings is 1. The second kappa shape index (κ2) is 6.92. The fourth-order valence-electron chi connectivity index (χ4n) is 3.53. The van der Waals surface area contributed by atoms with Gasteiger partial charge in [-0.25, -0.2) is 9.97 Å². The Balaban J connectivity index is 1.40. The van der Waals surface area contributed by atoms with Crippen LogP contribution < -0.4 is 0 Å². The normalized spacial score (nSPS) is 17.8. The molecule has 4 rings (SSSR count). The first-order valence-corrected chi connectivity index (χ1v) is 8.91. The summed E-state index contributed by atoms with van der Waals surface area (Å²) in [5, 5.41) is 0. The fraction of sp³-hybridized carbons (Fsp3) is 0.421. The zero-order valence-electron chi connectivity index (χ0n) is 15.1. The highest BCUT2D eigenvalue weighted by Gasteiger charge is 2.28. The average molecular weight is 353 g/mol. The molecule has 1 aliphatic rings. The van der Waals surface area contributed by atoms with Crippen molar-refractivity contribution in [2.45, 2.75) is 26.0 Å². The summed E-state index contributed by atoms with van der Waals surface area (Å²) >= 11 is 0. The molecule has 3 heterocycles. The Morgan fingerprint density at radius 2 is 2.19 bits per heavy atom. The first-order valence-electron chi connectivity index (χ1n) is 8.91. The Hall–Kier alpha value is -2.67. The number of aromatic nitrogens is 4. The number of ether oxygens (including phenoxy) is 1. The maximum atomic E-state index is 12.7. The van der Waals surface area contributed by atoms with Gasteiger partial charge in [-0.15, -0.1) is 0 Å². The number of rotatable bonds is 4. The number of fused-ring (bicyclic) bond motifs is 1. The molecule has 1 aromatic carbocycles. The van der Waals surface area contributed by atoms with Crippen LogP contribution in [-0.2, 0) is 23.1 Å². The molecular weight excluding hydrogens is 330 g/mol. The molecule has 0 radical (unpaired) electrons. The molecule has 1 fully saturated rings. The van der Waals surface area contributed by atoms with Crippen LogP contribution in [0.4, 0.5) is 0 Å². The molecule has 0 aliphatic carbocycles. The molecule has 1 unspecified atom stereocenters. The molecule has 2 aromatic heterocycles. The van der Waals surface area contributed by atoms with E-state index in [1.165, 1.54) is 0 Å². The zero-order chi connectivity index (χ0) is 18.1. The third kappa shape index (κ3) is 3.22. The van der Waals surface area contributed by atoms with E-state index in [2.05, 4.69) is 9.97 Å². The average Bonchev–Trinajstić information content (AvgIpc) is 3.22. The van der Waals surface area contributed by atoms with Gasteiger partial charge in [0.2, 0.25) is 5.91 Å². The van der Waals surface area contributed by atoms with E-state index in [1.54, 1.807) is 6.33 Å². The smallest absolute Gasteiger partial charge is 0.224 e. The number of hydrogen-bond acceptors (Lipinski definition) is 4. The van der Waals surface area contributed by atoms with Crippen LogP contribution in [0.3, 0.4) is 0 Å². The molecule has 1 saturated heterocycles. The van der Waals surface area contributed by atoms with Crippen LogP contribution in [-0.4, -0.2) is 49.6 Å². The molecular formula is C19H23N5O2. The Kier molecular flexibility index (Phi) is 4.46. The molecule has 0 saturated carbocycles. The van der Waals surface area contributed by atoms with E-state index in [0.717, 1.165) is 22.6 Å². The fourth-order valence-corrected chi connectivity index (χ4v) is 3.53. The molecule has 0 spiro atoms. The summed E-state index contributed by atoms with van der Waals surface area (Å²) in [6.07, 6.45) is 4.06. The SMILES string of the molecule is Cc1cn(C)c(C2CN(C(=O)CCn3cnc4ccccc43)CCO2)n1. The van der Waals surface area contributed by atoms with Crippen molar-refractivity contribution < 1.29 is 9.53 Å². The summed E-state index contributed by atoms with van der Waals surface area (Å²) in [7, 11) is 1.96. The van der Waals surface area contributed by atoms with Crippen molar-refractivity contribution in [1.82, 2.24) is 24.0 Å². The first kappa shape index (κ1) is 16.8. The molecule has 3 aromatic rings. The van der Waals surface area contributed by atoms with Gasteiger partial charge in [-0.2, -0.15) is 0 Å². The highest BCUT2D eigenvalue weighted by molar-refractivity contribution is 5.77. The predicted molar refractivity (Wildman–Crippen MR) is 97.6 cm³/mol. The van der Waals surface area contributed by atoms with E-state index in [0.29, 0.717) is 32.7 Å². The molecule has 136 valence electrons. The highest BCUT2D eigenvalue weighted by Crippen LogP contribution is 2.22. The van der Waals surface area contributed by atoms with Crippen LogP contribution in [0.2, 0.25) is 0 Å². The van der Waals surface area contributed by atoms with E-state index < -0.39 is 0 Å². The van der Waals surface area contributed by atoms with Gasteiger partial charge in [0, 0.05) is 32.8 Å². The van der Waals surface area contributed by atoms with E-state index in [9.17, 15) is 4.79 Å². The molecule has 1 atom stereocenters. The molecule has 0 bridgehead atoms. The minimum absolute atomic E-state index is 0.141. The van der Waals surface area contributed by atoms with Crippen molar-refractivity contribution in [2.24, 2.45) is 7.05 Å². The van der Waals surface area contributed by atoms with Crippen LogP contribution >= 0.6 is 0 Å². The Morgan fingerprint density at radius 3 is 3.00 bits per heavy atom. The predicted octanol–water partition coefficient (Wildman–Crippen LogP) is 2.07. The minimum atomic E-state index is -0.166. The number of morpholine rings is 1. The topological polar surface area (TPSA) is 65.2 Å². The number of hydrogen-bond donors (Lipinski definition) is 0. The summed E-state index contributed by atoms with van der Waals surface area (Å²) < 4.78 is 9.87. The van der Waals surface area contributed by atoms with Crippen LogP contribution in [0.25, 0.3) is 11.0 Å². The van der Waals surface area contributed by atoms with Gasteiger partial charge in [-0.05, 0) is 19.1 Å². The maximum Gasteiger partial charge on any atom is 0.224 e. The standard InChI is InChI=1S/C19H23N5O2/c1-14-11-22(2)19(21-14)17-12-23(9-10-26-17)18(25)7-8-24-13-20-15-5-3-4-6-16(15)24/h3-6,11,13,17H,7-10,12H2,1-2H3. The van der Waals surface area contributed by atoms with Gasteiger partial charge in [0.05, 0.1) is 36.2 Å². The molecule has 1 aliphatic heterocycles. The van der Waals surface area contributed by atoms with E-state index >= 15 is 0 Å². The van der Waals surface area contributed by atoms with Crippen molar-refractivity contribution in [3.63, 3.8) is 0 Å². The first-order chi connectivity index (χ1) is 12.6. The summed E-state index contributed by atoms with van der Waals surface area (Å²) in [6.45, 7) is 4.31. The Bertz CT molecular complexity index is 929. The lowest BCUT2D eigenvalue weighted by Gasteiger charge is -2.32. The van der Waals surface area contributed by atoms with Gasteiger partial charge in [-0.3, -0.25) is 4.79 Å². The van der Waals surface area contributed by atoms with E-state index in [-0.39, 0.29) is 12.0 Å². The maximum absolute atomic E-state index is 12.7. The summed E-state index contributed by atoms with van der Waals surface area (Å²) in [6, 6.07) is 7.97. The lowest BCUT2D eigenvalue weighted by Crippen LogP contribution is -2.43. The minimum Gasteiger partial charge on any atom is -0.367 e. The second-order valence-electron chi connectivity index (χ2n) is 6.73. The van der Waals surface area contributed by atoms with Gasteiger partial charge in [0.1, 0.15) is 11.9 Å². The van der Waals surface area contributed by atoms with E-state index in [1.807, 2.05) is 58.5 Å². The van der Waals surface area contributed by atoms with Crippen LogP contribution in [0.1, 0.15) is 24.0 Å². The Morgan fingerprint density at radius 1 is 1.35 bits per heavy atom. The number of para-hydroxylation sites is 2. The number of imidazole rings is 2. The second-order valence-corrected chi connectivity index (χ2v) is 6.73. The van der Waals surface area contributed by atoms with E-state index in [4.69, 9.17) is 4.74 Å². The van der Waals surface area contributed by atoms with Crippen LogP contribution in [0.5, 0.6) is 0 Å². The monoisotopic (exact) mass is 353 g/mol. The highest BCUT2D eigenvalue weighted by atomic mass is 16.5. The summed E-state index contributed by atoms with van der Waals surface area (Å²) in [4.78, 5) is 23.5. The number of aryl methyl sites for hydroxylation is 3. The van der Waals surface area contributed by atoms with Gasteiger partial charge in [-0.1, -0.05) is 12.1 Å². The number of amides is 1. The van der Waals surface area contributed by atoms with Gasteiger partial charge in [0.25, 0.3) is 0 Å². The van der Waals surface area contributed by atoms with Gasteiger partial charge < -0.3 is 18.8 Å². The molecule has 7 nitrogen and oxygen atoms in total. The largest absolute Gasteiger partial charge is 0.367 e. The van der Waals surface area contributed by atoms with Crippen molar-refractivity contribution >= 4 is 16.9 Å². The number of carbonyl (C=O) groups is 1. The van der Waals surface area contributed by atoms with Gasteiger partial charge in [0.15, 0.2) is 0 Å². The summed E-state index contributed by atoms with van der Waals surface area (Å²) in [5.41, 5.74) is 2.97. The zero-order valence-corrected chi connectivity index (χ0v) is 15.1. The quantitative estimate of drug-likeness (QED) is 0.720. The molecule has 7 heteroatoms. The van der Waals surface area contributed by atoms with Gasteiger partial charge >= 0.3 is 0 Å². The Labute approximate surface area is 152 Å². The van der Waals surface area contributed by atoms with Crippen LogP contribution in [0, 0.1) is 6.92 Å². The number of nitrogens with zero attached hydrogens (tertiary/aromatic N) is 5. The third-order valence-corrected chi connectivity index (χ3v) is 4.83. The molecule has 26 heavy (non-hydrogen) atoms. The van der Waals surface area contributed by atoms with Crippen LogP contribution in [0.15, 0.2) is 36.8 Å². The van der Waals surface area contributed by atoms with Crippen molar-refractivity contribution in [3.05, 3.63) is 48.3 Å². The van der Waals surface area contributed by atoms with Crippen molar-refractivity contribution in [2.75, 3.05) is 19.7 Å². The lowest BCUT2D eigenvalue weighted by molar-refractivity contribution is -0.139. The third-order valence-electron chi connectivity index (χ3n) is 4.83. The molecule has 1 amide bonds. The number of carbonyl (C=O) groups excluding carboxylic acids is 1. The van der Waals surface area contributed by atoms with Crippen molar-refractivity contribution in [1.29, 1.82) is 0 Å².